The van der Waals surface area contributed by atoms with Crippen LogP contribution in [0.3, 0.4) is 0 Å². The third-order valence-corrected chi connectivity index (χ3v) is 3.35. The van der Waals surface area contributed by atoms with Crippen LogP contribution in [0.25, 0.3) is 0 Å². The molecule has 1 aromatic carbocycles. The van der Waals surface area contributed by atoms with Crippen molar-refractivity contribution in [2.45, 2.75) is 6.18 Å². The number of carbonyl (C=O) groups is 1. The van der Waals surface area contributed by atoms with E-state index in [-0.39, 0.29) is 11.4 Å². The predicted molar refractivity (Wildman–Crippen MR) is 70.1 cm³/mol. The highest BCUT2D eigenvalue weighted by Gasteiger charge is 2.30. The molecule has 0 saturated heterocycles. The minimum Gasteiger partial charge on any atom is -0.306 e. The second kappa shape index (κ2) is 5.46. The summed E-state index contributed by atoms with van der Waals surface area (Å²) in [6.07, 6.45) is -4.50. The first-order chi connectivity index (χ1) is 9.38. The molecule has 20 heavy (non-hydrogen) atoms. The van der Waals surface area contributed by atoms with E-state index in [9.17, 15) is 18.0 Å². The molecule has 0 fully saturated rings. The second-order valence-electron chi connectivity index (χ2n) is 3.88. The summed E-state index contributed by atoms with van der Waals surface area (Å²) in [6, 6.07) is 7.43. The topological polar surface area (TPSA) is 53.0 Å². The van der Waals surface area contributed by atoms with E-state index < -0.39 is 17.6 Å². The van der Waals surface area contributed by atoms with E-state index in [1.165, 1.54) is 17.4 Å². The van der Waals surface area contributed by atoms with Gasteiger partial charge in [0.15, 0.2) is 0 Å². The van der Waals surface area contributed by atoms with Gasteiger partial charge in [-0.3, -0.25) is 10.2 Å². The predicted octanol–water partition coefficient (Wildman–Crippen LogP) is 3.52. The molecule has 0 spiro atoms. The lowest BCUT2D eigenvalue weighted by Crippen LogP contribution is -2.30. The number of amides is 1. The van der Waals surface area contributed by atoms with E-state index in [2.05, 4.69) is 5.32 Å². The maximum Gasteiger partial charge on any atom is 0.416 e. The monoisotopic (exact) mass is 298 g/mol. The number of carbonyl (C=O) groups excluding carboxylic acids is 1. The van der Waals surface area contributed by atoms with Crippen LogP contribution in [0, 0.1) is 5.41 Å². The SMILES string of the molecule is N=C(NC(=O)c1cccc(C(F)(F)F)c1)c1cccs1. The van der Waals surface area contributed by atoms with Gasteiger partial charge in [0.2, 0.25) is 0 Å². The van der Waals surface area contributed by atoms with Crippen LogP contribution >= 0.6 is 11.3 Å². The van der Waals surface area contributed by atoms with Gasteiger partial charge in [-0.2, -0.15) is 13.2 Å². The molecule has 2 rings (SSSR count). The molecular formula is C13H9F3N2OS. The lowest BCUT2D eigenvalue weighted by atomic mass is 10.1. The second-order valence-corrected chi connectivity index (χ2v) is 4.83. The van der Waals surface area contributed by atoms with Gasteiger partial charge >= 0.3 is 6.18 Å². The normalized spacial score (nSPS) is 11.2. The van der Waals surface area contributed by atoms with Crippen LogP contribution in [0.15, 0.2) is 41.8 Å². The summed E-state index contributed by atoms with van der Waals surface area (Å²) in [7, 11) is 0. The summed E-state index contributed by atoms with van der Waals surface area (Å²) in [5, 5.41) is 11.7. The Hall–Kier alpha value is -2.15. The Labute approximate surface area is 116 Å². The zero-order valence-electron chi connectivity index (χ0n) is 9.99. The van der Waals surface area contributed by atoms with E-state index in [0.29, 0.717) is 4.88 Å². The van der Waals surface area contributed by atoms with Crippen LogP contribution in [-0.4, -0.2) is 11.7 Å². The Balaban J connectivity index is 2.16. The van der Waals surface area contributed by atoms with Crippen LogP contribution in [-0.2, 0) is 6.18 Å². The molecule has 1 amide bonds. The van der Waals surface area contributed by atoms with E-state index >= 15 is 0 Å². The van der Waals surface area contributed by atoms with Crippen LogP contribution in [0.2, 0.25) is 0 Å². The standard InChI is InChI=1S/C13H9F3N2OS/c14-13(15,16)9-4-1-3-8(7-9)12(19)18-11(17)10-5-2-6-20-10/h1-7H,(H2,17,18,19). The van der Waals surface area contributed by atoms with Crippen molar-refractivity contribution in [3.63, 3.8) is 0 Å². The lowest BCUT2D eigenvalue weighted by molar-refractivity contribution is -0.137. The van der Waals surface area contributed by atoms with Gasteiger partial charge in [-0.15, -0.1) is 11.3 Å². The molecule has 0 aliphatic heterocycles. The van der Waals surface area contributed by atoms with Gasteiger partial charge in [-0.25, -0.2) is 0 Å². The summed E-state index contributed by atoms with van der Waals surface area (Å²) < 4.78 is 37.6. The first kappa shape index (κ1) is 14.3. The molecule has 0 aliphatic rings. The molecule has 0 unspecified atom stereocenters. The van der Waals surface area contributed by atoms with Crippen molar-refractivity contribution < 1.29 is 18.0 Å². The quantitative estimate of drug-likeness (QED) is 0.647. The maximum atomic E-state index is 12.5. The third-order valence-electron chi connectivity index (χ3n) is 2.46. The molecule has 1 heterocycles. The molecule has 7 heteroatoms. The highest BCUT2D eigenvalue weighted by molar-refractivity contribution is 7.12. The Morgan fingerprint density at radius 1 is 1.20 bits per heavy atom. The maximum absolute atomic E-state index is 12.5. The van der Waals surface area contributed by atoms with Gasteiger partial charge in [0.1, 0.15) is 5.84 Å². The number of hydrogen-bond acceptors (Lipinski definition) is 3. The largest absolute Gasteiger partial charge is 0.416 e. The fraction of sp³-hybridized carbons (Fsp3) is 0.0769. The van der Waals surface area contributed by atoms with Crippen molar-refractivity contribution in [2.75, 3.05) is 0 Å². The van der Waals surface area contributed by atoms with Gasteiger partial charge in [0.05, 0.1) is 10.4 Å². The Kier molecular flexibility index (Phi) is 3.89. The molecule has 0 saturated carbocycles. The fourth-order valence-electron chi connectivity index (χ4n) is 1.50. The summed E-state index contributed by atoms with van der Waals surface area (Å²) >= 11 is 1.26. The molecule has 1 aromatic heterocycles. The average Bonchev–Trinajstić information content (AvgIpc) is 2.91. The van der Waals surface area contributed by atoms with Gasteiger partial charge < -0.3 is 5.32 Å². The number of amidine groups is 1. The molecule has 104 valence electrons. The number of benzene rings is 1. The van der Waals surface area contributed by atoms with E-state index in [0.717, 1.165) is 18.2 Å². The number of rotatable bonds is 2. The van der Waals surface area contributed by atoms with E-state index in [4.69, 9.17) is 5.41 Å². The van der Waals surface area contributed by atoms with Crippen molar-refractivity contribution in [3.05, 3.63) is 57.8 Å². The van der Waals surface area contributed by atoms with Gasteiger partial charge in [-0.1, -0.05) is 12.1 Å². The van der Waals surface area contributed by atoms with Gasteiger partial charge in [-0.05, 0) is 29.6 Å². The first-order valence-corrected chi connectivity index (χ1v) is 6.37. The van der Waals surface area contributed by atoms with Crippen LogP contribution < -0.4 is 5.32 Å². The first-order valence-electron chi connectivity index (χ1n) is 5.49. The summed E-state index contributed by atoms with van der Waals surface area (Å²) in [5.41, 5.74) is -1.03. The third kappa shape index (κ3) is 3.24. The van der Waals surface area contributed by atoms with Gasteiger partial charge in [0, 0.05) is 5.56 Å². The number of thiophene rings is 1. The zero-order chi connectivity index (χ0) is 14.8. The van der Waals surface area contributed by atoms with Crippen molar-refractivity contribution in [1.29, 1.82) is 5.41 Å². The number of hydrogen-bond donors (Lipinski definition) is 2. The average molecular weight is 298 g/mol. The van der Waals surface area contributed by atoms with Crippen molar-refractivity contribution >= 4 is 23.1 Å². The molecule has 0 radical (unpaired) electrons. The number of nitrogens with one attached hydrogen (secondary N) is 2. The summed E-state index contributed by atoms with van der Waals surface area (Å²) in [6.45, 7) is 0. The molecule has 2 N–H and O–H groups in total. The van der Waals surface area contributed by atoms with Crippen molar-refractivity contribution in [1.82, 2.24) is 5.32 Å². The molecule has 0 atom stereocenters. The van der Waals surface area contributed by atoms with Crippen molar-refractivity contribution in [2.24, 2.45) is 0 Å². The highest BCUT2D eigenvalue weighted by Crippen LogP contribution is 2.29. The Morgan fingerprint density at radius 3 is 2.55 bits per heavy atom. The summed E-state index contributed by atoms with van der Waals surface area (Å²) in [4.78, 5) is 12.3. The smallest absolute Gasteiger partial charge is 0.306 e. The van der Waals surface area contributed by atoms with E-state index in [1.54, 1.807) is 17.5 Å². The van der Waals surface area contributed by atoms with Gasteiger partial charge in [0.25, 0.3) is 5.91 Å². The molecule has 3 nitrogen and oxygen atoms in total. The molecular weight excluding hydrogens is 289 g/mol. The molecule has 0 aliphatic carbocycles. The number of halogens is 3. The lowest BCUT2D eigenvalue weighted by Gasteiger charge is -2.09. The zero-order valence-corrected chi connectivity index (χ0v) is 10.8. The van der Waals surface area contributed by atoms with Crippen LogP contribution in [0.1, 0.15) is 20.8 Å². The minimum atomic E-state index is -4.50. The van der Waals surface area contributed by atoms with Crippen LogP contribution in [0.4, 0.5) is 13.2 Å². The van der Waals surface area contributed by atoms with E-state index in [1.807, 2.05) is 0 Å². The summed E-state index contributed by atoms with van der Waals surface area (Å²) in [5.74, 6) is -0.878. The van der Waals surface area contributed by atoms with Crippen LogP contribution in [0.5, 0.6) is 0 Å². The Bertz CT molecular complexity index is 635. The molecule has 0 bridgehead atoms. The fourth-order valence-corrected chi connectivity index (χ4v) is 2.13. The Morgan fingerprint density at radius 2 is 1.95 bits per heavy atom. The molecule has 2 aromatic rings. The minimum absolute atomic E-state index is 0.137. The van der Waals surface area contributed by atoms with Crippen molar-refractivity contribution in [3.8, 4) is 0 Å². The number of alkyl halides is 3. The highest BCUT2D eigenvalue weighted by atomic mass is 32.1.